The number of hydrogen-bond donors (Lipinski definition) is 3. The zero-order chi connectivity index (χ0) is 19.3. The number of carboxylic acids is 1. The highest BCUT2D eigenvalue weighted by atomic mass is 32.2. The van der Waals surface area contributed by atoms with E-state index in [1.807, 2.05) is 6.92 Å². The predicted octanol–water partition coefficient (Wildman–Crippen LogP) is -0.308. The number of amides is 2. The Morgan fingerprint density at radius 2 is 2.04 bits per heavy atom. The molecular weight excluding hydrogens is 358 g/mol. The largest absolute Gasteiger partial charge is 0.477 e. The number of rotatable bonds is 5. The molecule has 2 fully saturated rings. The van der Waals surface area contributed by atoms with E-state index in [1.54, 1.807) is 25.9 Å². The Kier molecular flexibility index (Phi) is 5.06. The number of carboxylic acid groups (broad SMARTS) is 1. The van der Waals surface area contributed by atoms with E-state index in [1.165, 1.54) is 16.7 Å². The van der Waals surface area contributed by atoms with Crippen molar-refractivity contribution < 1.29 is 24.6 Å². The van der Waals surface area contributed by atoms with E-state index in [9.17, 15) is 24.6 Å². The van der Waals surface area contributed by atoms with E-state index in [0.717, 1.165) is 0 Å². The van der Waals surface area contributed by atoms with Crippen molar-refractivity contribution in [1.29, 1.82) is 0 Å². The van der Waals surface area contributed by atoms with Gasteiger partial charge in [0.2, 0.25) is 11.8 Å². The number of aliphatic hydroxyl groups excluding tert-OH is 1. The average molecular weight is 383 g/mol. The number of hydrogen-bond acceptors (Lipinski definition) is 6. The molecule has 0 saturated carbocycles. The molecule has 2 saturated heterocycles. The van der Waals surface area contributed by atoms with E-state index in [4.69, 9.17) is 0 Å². The number of carbonyl (C=O) groups is 3. The van der Waals surface area contributed by atoms with Gasteiger partial charge in [-0.2, -0.15) is 0 Å². The number of nitrogens with one attached hydrogen (secondary N) is 1. The summed E-state index contributed by atoms with van der Waals surface area (Å²) in [5, 5.41) is 22.8. The Balaban J connectivity index is 1.78. The molecule has 3 heterocycles. The topological polar surface area (TPSA) is 110 Å². The summed E-state index contributed by atoms with van der Waals surface area (Å²) in [6.07, 6.45) is -0.190. The van der Waals surface area contributed by atoms with Gasteiger partial charge in [-0.3, -0.25) is 9.59 Å². The minimum absolute atomic E-state index is 0.00757. The van der Waals surface area contributed by atoms with Crippen LogP contribution in [0.4, 0.5) is 0 Å². The summed E-state index contributed by atoms with van der Waals surface area (Å²) < 4.78 is 0. The number of fused-ring (bicyclic) bond motifs is 1. The van der Waals surface area contributed by atoms with Crippen LogP contribution in [0.15, 0.2) is 10.6 Å². The summed E-state index contributed by atoms with van der Waals surface area (Å²) in [7, 11) is 3.42. The van der Waals surface area contributed by atoms with Crippen LogP contribution in [0.3, 0.4) is 0 Å². The van der Waals surface area contributed by atoms with Gasteiger partial charge in [0.25, 0.3) is 0 Å². The van der Waals surface area contributed by atoms with Gasteiger partial charge in [0, 0.05) is 36.7 Å². The van der Waals surface area contributed by atoms with Crippen molar-refractivity contribution in [3.8, 4) is 0 Å². The lowest BCUT2D eigenvalue weighted by molar-refractivity contribution is -0.163. The van der Waals surface area contributed by atoms with Crippen molar-refractivity contribution in [2.24, 2.45) is 11.8 Å². The van der Waals surface area contributed by atoms with Crippen LogP contribution in [0.2, 0.25) is 0 Å². The van der Waals surface area contributed by atoms with Gasteiger partial charge >= 0.3 is 5.97 Å². The zero-order valence-electron chi connectivity index (χ0n) is 15.3. The maximum absolute atomic E-state index is 12.3. The van der Waals surface area contributed by atoms with Gasteiger partial charge in [0.05, 0.1) is 24.1 Å². The molecule has 3 aliphatic rings. The zero-order valence-corrected chi connectivity index (χ0v) is 16.1. The normalized spacial score (nSPS) is 34.6. The predicted molar refractivity (Wildman–Crippen MR) is 96.1 cm³/mol. The Bertz CT molecular complexity index is 677. The first-order valence-corrected chi connectivity index (χ1v) is 9.62. The lowest BCUT2D eigenvalue weighted by Crippen LogP contribution is -2.63. The molecule has 0 bridgehead atoms. The summed E-state index contributed by atoms with van der Waals surface area (Å²) >= 11 is 1.45. The summed E-state index contributed by atoms with van der Waals surface area (Å²) in [6, 6.07) is -0.568. The summed E-state index contributed by atoms with van der Waals surface area (Å²) in [5.74, 6) is -2.14. The molecule has 0 aromatic heterocycles. The number of thioether (sulfide) groups is 1. The van der Waals surface area contributed by atoms with Crippen molar-refractivity contribution in [3.05, 3.63) is 10.6 Å². The second kappa shape index (κ2) is 6.86. The molecule has 26 heavy (non-hydrogen) atoms. The smallest absolute Gasteiger partial charge is 0.353 e. The Morgan fingerprint density at radius 3 is 2.58 bits per heavy atom. The van der Waals surface area contributed by atoms with Gasteiger partial charge in [-0.15, -0.1) is 11.8 Å². The minimum Gasteiger partial charge on any atom is -0.477 e. The van der Waals surface area contributed by atoms with E-state index < -0.39 is 18.0 Å². The van der Waals surface area contributed by atoms with Crippen LogP contribution in [-0.4, -0.2) is 81.9 Å². The van der Waals surface area contributed by atoms with E-state index in [2.05, 4.69) is 5.32 Å². The van der Waals surface area contributed by atoms with Crippen LogP contribution in [0.25, 0.3) is 0 Å². The van der Waals surface area contributed by atoms with Crippen LogP contribution in [0, 0.1) is 11.8 Å². The van der Waals surface area contributed by atoms with Crippen LogP contribution < -0.4 is 5.32 Å². The fourth-order valence-electron chi connectivity index (χ4n) is 4.15. The molecule has 3 unspecified atom stereocenters. The molecule has 0 radical (unpaired) electrons. The van der Waals surface area contributed by atoms with Crippen LogP contribution >= 0.6 is 11.8 Å². The third-order valence-corrected chi connectivity index (χ3v) is 6.95. The van der Waals surface area contributed by atoms with E-state index >= 15 is 0 Å². The molecule has 9 heteroatoms. The molecule has 0 aromatic carbocycles. The maximum Gasteiger partial charge on any atom is 0.353 e. The highest BCUT2D eigenvalue weighted by Gasteiger charge is 2.60. The first kappa shape index (κ1) is 19.2. The fourth-order valence-corrected chi connectivity index (χ4v) is 5.63. The molecule has 0 aromatic rings. The number of aliphatic carboxylic acids is 1. The Hall–Kier alpha value is -1.58. The average Bonchev–Trinajstić information content (AvgIpc) is 3.09. The van der Waals surface area contributed by atoms with Gasteiger partial charge in [0.1, 0.15) is 5.70 Å². The number of carbonyl (C=O) groups excluding carboxylic acids is 2. The first-order valence-electron chi connectivity index (χ1n) is 8.75. The van der Waals surface area contributed by atoms with Crippen molar-refractivity contribution in [2.45, 2.75) is 43.7 Å². The standard InChI is InChI=1S/C17H25N3O5S/c1-7-12-11(8(2)21)16(23)20(12)13(17(24)25)14(7)26-9-5-10(18-6-9)15(22)19(3)4/h7-12,18,21H,5-6H2,1-4H3,(H,24,25)/t7?,8?,9-,10?,11+,12+/m0/s1. The van der Waals surface area contributed by atoms with Gasteiger partial charge < -0.3 is 25.3 Å². The highest BCUT2D eigenvalue weighted by Crippen LogP contribution is 2.51. The van der Waals surface area contributed by atoms with Crippen molar-refractivity contribution in [1.82, 2.24) is 15.1 Å². The second-order valence-electron chi connectivity index (χ2n) is 7.44. The molecule has 3 aliphatic heterocycles. The number of β-lactam (4-membered cyclic amide) rings is 1. The molecule has 2 amide bonds. The number of nitrogens with zero attached hydrogens (tertiary/aromatic N) is 2. The third kappa shape index (κ3) is 2.91. The van der Waals surface area contributed by atoms with Gasteiger partial charge in [-0.05, 0) is 13.3 Å². The lowest BCUT2D eigenvalue weighted by Gasteiger charge is -2.46. The second-order valence-corrected chi connectivity index (χ2v) is 8.78. The van der Waals surface area contributed by atoms with E-state index in [-0.39, 0.29) is 40.8 Å². The Labute approximate surface area is 156 Å². The monoisotopic (exact) mass is 383 g/mol. The quantitative estimate of drug-likeness (QED) is 0.559. The summed E-state index contributed by atoms with van der Waals surface area (Å²) in [4.78, 5) is 39.8. The lowest BCUT2D eigenvalue weighted by atomic mass is 9.79. The maximum atomic E-state index is 12.3. The SMILES string of the molecule is CC(O)[C@H]1C(=O)N2C(C(=O)O)=C(S[C@@H]3CNC(C(=O)N(C)C)C3)C(C)[C@H]12. The van der Waals surface area contributed by atoms with Crippen molar-refractivity contribution >= 4 is 29.5 Å². The highest BCUT2D eigenvalue weighted by molar-refractivity contribution is 8.03. The van der Waals surface area contributed by atoms with Crippen LogP contribution in [0.1, 0.15) is 20.3 Å². The molecule has 3 rings (SSSR count). The van der Waals surface area contributed by atoms with E-state index in [0.29, 0.717) is 17.9 Å². The molecular formula is C17H25N3O5S. The molecule has 144 valence electrons. The molecule has 6 atom stereocenters. The number of aliphatic hydroxyl groups is 1. The summed E-state index contributed by atoms with van der Waals surface area (Å²) in [5.41, 5.74) is 0.0387. The third-order valence-electron chi connectivity index (χ3n) is 5.43. The van der Waals surface area contributed by atoms with Crippen LogP contribution in [0.5, 0.6) is 0 Å². The van der Waals surface area contributed by atoms with Crippen molar-refractivity contribution in [2.75, 3.05) is 20.6 Å². The number of likely N-dealkylation sites (N-methyl/N-ethyl adjacent to an activating group) is 1. The molecule has 8 nitrogen and oxygen atoms in total. The van der Waals surface area contributed by atoms with Gasteiger partial charge in [0.15, 0.2) is 0 Å². The Morgan fingerprint density at radius 1 is 1.38 bits per heavy atom. The first-order chi connectivity index (χ1) is 12.1. The molecule has 0 spiro atoms. The minimum atomic E-state index is -1.12. The fraction of sp³-hybridized carbons (Fsp3) is 0.706. The molecule has 0 aliphatic carbocycles. The molecule has 3 N–H and O–H groups in total. The summed E-state index contributed by atoms with van der Waals surface area (Å²) in [6.45, 7) is 4.08. The van der Waals surface area contributed by atoms with Gasteiger partial charge in [-0.25, -0.2) is 4.79 Å². The van der Waals surface area contributed by atoms with Crippen LogP contribution in [-0.2, 0) is 14.4 Å². The van der Waals surface area contributed by atoms with Gasteiger partial charge in [-0.1, -0.05) is 6.92 Å². The van der Waals surface area contributed by atoms with Crippen molar-refractivity contribution in [3.63, 3.8) is 0 Å².